The summed E-state index contributed by atoms with van der Waals surface area (Å²) in [6, 6.07) is 0. The number of carbonyl (C=O) groups excluding carboxylic acids is 2. The van der Waals surface area contributed by atoms with Crippen molar-refractivity contribution in [3.05, 3.63) is 23.8 Å². The van der Waals surface area contributed by atoms with E-state index in [1.54, 1.807) is 13.3 Å². The highest BCUT2D eigenvalue weighted by Gasteiger charge is 2.30. The predicted molar refractivity (Wildman–Crippen MR) is 87.4 cm³/mol. The summed E-state index contributed by atoms with van der Waals surface area (Å²) in [4.78, 5) is 36.7. The summed E-state index contributed by atoms with van der Waals surface area (Å²) >= 11 is 0. The van der Waals surface area contributed by atoms with Crippen LogP contribution in [0.3, 0.4) is 0 Å². The van der Waals surface area contributed by atoms with Gasteiger partial charge in [-0.15, -0.1) is 0 Å². The van der Waals surface area contributed by atoms with E-state index in [0.717, 1.165) is 31.6 Å². The van der Waals surface area contributed by atoms with Gasteiger partial charge >= 0.3 is 0 Å². The Labute approximate surface area is 142 Å². The molecular weight excluding hydrogens is 308 g/mol. The molecule has 0 aromatic carbocycles. The molecule has 130 valence electrons. The molecule has 3 heterocycles. The number of methoxy groups -OCH3 is 1. The molecule has 0 N–H and O–H groups in total. The Morgan fingerprint density at radius 1 is 1.33 bits per heavy atom. The van der Waals surface area contributed by atoms with Crippen molar-refractivity contribution in [1.82, 2.24) is 19.8 Å². The highest BCUT2D eigenvalue weighted by molar-refractivity contribution is 5.92. The van der Waals surface area contributed by atoms with Gasteiger partial charge in [-0.2, -0.15) is 0 Å². The van der Waals surface area contributed by atoms with E-state index >= 15 is 0 Å². The Hall–Kier alpha value is -2.02. The minimum absolute atomic E-state index is 0.0360. The molecule has 1 aromatic heterocycles. The van der Waals surface area contributed by atoms with Crippen LogP contribution in [0.4, 0.5) is 0 Å². The van der Waals surface area contributed by atoms with Crippen LogP contribution < -0.4 is 0 Å². The standard InChI is InChI=1S/C17H24N4O3/c1-24-7-6-21-12-13(9-16(21)22)8-14-10-18-11-15(19-14)17(23)20-4-2-3-5-20/h10-11,13H,2-9,12H2,1H3/t13-/m1/s1. The van der Waals surface area contributed by atoms with Crippen LogP contribution in [0.5, 0.6) is 0 Å². The molecule has 2 fully saturated rings. The first-order chi connectivity index (χ1) is 11.7. The second kappa shape index (κ2) is 7.70. The zero-order valence-electron chi connectivity index (χ0n) is 14.1. The van der Waals surface area contributed by atoms with Crippen LogP contribution in [0.2, 0.25) is 0 Å². The second-order valence-electron chi connectivity index (χ2n) is 6.50. The molecular formula is C17H24N4O3. The minimum atomic E-state index is -0.0360. The van der Waals surface area contributed by atoms with Crippen molar-refractivity contribution in [2.45, 2.75) is 25.7 Å². The van der Waals surface area contributed by atoms with Gasteiger partial charge in [0.15, 0.2) is 0 Å². The van der Waals surface area contributed by atoms with Crippen molar-refractivity contribution in [3.8, 4) is 0 Å². The lowest BCUT2D eigenvalue weighted by Crippen LogP contribution is -2.29. The molecule has 0 aliphatic carbocycles. The number of hydrogen-bond acceptors (Lipinski definition) is 5. The van der Waals surface area contributed by atoms with Gasteiger partial charge in [-0.25, -0.2) is 4.98 Å². The number of rotatable bonds is 6. The summed E-state index contributed by atoms with van der Waals surface area (Å²) in [5.74, 6) is 0.348. The quantitative estimate of drug-likeness (QED) is 0.768. The van der Waals surface area contributed by atoms with E-state index in [0.29, 0.717) is 38.2 Å². The van der Waals surface area contributed by atoms with Crippen molar-refractivity contribution in [2.24, 2.45) is 5.92 Å². The molecule has 7 heteroatoms. The largest absolute Gasteiger partial charge is 0.383 e. The average molecular weight is 332 g/mol. The van der Waals surface area contributed by atoms with Gasteiger partial charge in [0.1, 0.15) is 5.69 Å². The number of nitrogens with zero attached hydrogens (tertiary/aromatic N) is 4. The fraction of sp³-hybridized carbons (Fsp3) is 0.647. The van der Waals surface area contributed by atoms with Crippen molar-refractivity contribution >= 4 is 11.8 Å². The smallest absolute Gasteiger partial charge is 0.274 e. The molecule has 2 amide bonds. The van der Waals surface area contributed by atoms with Gasteiger partial charge in [0.25, 0.3) is 5.91 Å². The normalized spacial score (nSPS) is 20.9. The maximum atomic E-state index is 12.4. The summed E-state index contributed by atoms with van der Waals surface area (Å²) in [6.07, 6.45) is 6.54. The topological polar surface area (TPSA) is 75.6 Å². The maximum absolute atomic E-state index is 12.4. The second-order valence-corrected chi connectivity index (χ2v) is 6.50. The van der Waals surface area contributed by atoms with Crippen LogP contribution in [-0.4, -0.2) is 71.5 Å². The van der Waals surface area contributed by atoms with E-state index < -0.39 is 0 Å². The predicted octanol–water partition coefficient (Wildman–Crippen LogP) is 0.750. The van der Waals surface area contributed by atoms with E-state index in [9.17, 15) is 9.59 Å². The van der Waals surface area contributed by atoms with Gasteiger partial charge < -0.3 is 14.5 Å². The van der Waals surface area contributed by atoms with Gasteiger partial charge in [-0.3, -0.25) is 14.6 Å². The molecule has 2 saturated heterocycles. The monoisotopic (exact) mass is 332 g/mol. The first kappa shape index (κ1) is 16.8. The Morgan fingerprint density at radius 2 is 2.12 bits per heavy atom. The van der Waals surface area contributed by atoms with Crippen LogP contribution in [0.1, 0.15) is 35.4 Å². The van der Waals surface area contributed by atoms with E-state index in [1.807, 2.05) is 9.80 Å². The summed E-state index contributed by atoms with van der Waals surface area (Å²) in [5, 5.41) is 0. The number of aromatic nitrogens is 2. The third-order valence-electron chi connectivity index (χ3n) is 4.65. The maximum Gasteiger partial charge on any atom is 0.274 e. The molecule has 7 nitrogen and oxygen atoms in total. The summed E-state index contributed by atoms with van der Waals surface area (Å²) in [5.41, 5.74) is 1.20. The fourth-order valence-corrected chi connectivity index (χ4v) is 3.39. The fourth-order valence-electron chi connectivity index (χ4n) is 3.39. The third kappa shape index (κ3) is 3.90. The molecule has 2 aliphatic heterocycles. The molecule has 0 saturated carbocycles. The lowest BCUT2D eigenvalue weighted by molar-refractivity contribution is -0.128. The van der Waals surface area contributed by atoms with E-state index in [4.69, 9.17) is 4.74 Å². The Kier molecular flexibility index (Phi) is 5.40. The van der Waals surface area contributed by atoms with Gasteiger partial charge in [0, 0.05) is 45.9 Å². The Bertz CT molecular complexity index is 601. The summed E-state index contributed by atoms with van der Waals surface area (Å²) < 4.78 is 5.04. The molecule has 24 heavy (non-hydrogen) atoms. The molecule has 3 rings (SSSR count). The van der Waals surface area contributed by atoms with Crippen LogP contribution >= 0.6 is 0 Å². The lowest BCUT2D eigenvalue weighted by Gasteiger charge is -2.16. The minimum Gasteiger partial charge on any atom is -0.383 e. The first-order valence-corrected chi connectivity index (χ1v) is 8.54. The molecule has 0 spiro atoms. The number of ether oxygens (including phenoxy) is 1. The van der Waals surface area contributed by atoms with Gasteiger partial charge in [-0.05, 0) is 25.2 Å². The molecule has 0 unspecified atom stereocenters. The number of carbonyl (C=O) groups is 2. The zero-order chi connectivity index (χ0) is 16.9. The van der Waals surface area contributed by atoms with Gasteiger partial charge in [0.05, 0.1) is 18.5 Å². The molecule has 1 atom stereocenters. The van der Waals surface area contributed by atoms with Gasteiger partial charge in [0.2, 0.25) is 5.91 Å². The summed E-state index contributed by atoms with van der Waals surface area (Å²) in [6.45, 7) is 3.50. The van der Waals surface area contributed by atoms with Crippen LogP contribution in [0.15, 0.2) is 12.4 Å². The molecule has 0 bridgehead atoms. The number of likely N-dealkylation sites (tertiary alicyclic amines) is 2. The van der Waals surface area contributed by atoms with Crippen LogP contribution in [0, 0.1) is 5.92 Å². The van der Waals surface area contributed by atoms with Crippen molar-refractivity contribution in [1.29, 1.82) is 0 Å². The number of amides is 2. The molecule has 2 aliphatic rings. The van der Waals surface area contributed by atoms with E-state index in [2.05, 4.69) is 9.97 Å². The van der Waals surface area contributed by atoms with E-state index in [-0.39, 0.29) is 17.7 Å². The van der Waals surface area contributed by atoms with Crippen LogP contribution in [0.25, 0.3) is 0 Å². The number of hydrogen-bond donors (Lipinski definition) is 0. The third-order valence-corrected chi connectivity index (χ3v) is 4.65. The molecule has 0 radical (unpaired) electrons. The SMILES string of the molecule is COCCN1C[C@H](Cc2cncc(C(=O)N3CCCC3)n2)CC1=O. The lowest BCUT2D eigenvalue weighted by atomic mass is 10.0. The Morgan fingerprint density at radius 3 is 2.88 bits per heavy atom. The molecule has 1 aromatic rings. The highest BCUT2D eigenvalue weighted by atomic mass is 16.5. The van der Waals surface area contributed by atoms with Crippen molar-refractivity contribution < 1.29 is 14.3 Å². The van der Waals surface area contributed by atoms with Crippen LogP contribution in [-0.2, 0) is 16.0 Å². The highest BCUT2D eigenvalue weighted by Crippen LogP contribution is 2.21. The van der Waals surface area contributed by atoms with Crippen molar-refractivity contribution in [2.75, 3.05) is 39.9 Å². The Balaban J connectivity index is 1.60. The summed E-state index contributed by atoms with van der Waals surface area (Å²) in [7, 11) is 1.64. The van der Waals surface area contributed by atoms with E-state index in [1.165, 1.54) is 6.20 Å². The average Bonchev–Trinajstić information content (AvgIpc) is 3.22. The van der Waals surface area contributed by atoms with Crippen molar-refractivity contribution in [3.63, 3.8) is 0 Å². The first-order valence-electron chi connectivity index (χ1n) is 8.54. The van der Waals surface area contributed by atoms with Gasteiger partial charge in [-0.1, -0.05) is 0 Å². The zero-order valence-corrected chi connectivity index (χ0v) is 14.1.